The van der Waals surface area contributed by atoms with Gasteiger partial charge in [-0.3, -0.25) is 28.9 Å². The number of benzene rings is 2. The number of carbonyl (C=O) groups is 5. The van der Waals surface area contributed by atoms with Crippen LogP contribution in [0.15, 0.2) is 83.8 Å². The van der Waals surface area contributed by atoms with Crippen molar-refractivity contribution in [1.29, 1.82) is 0 Å². The van der Waals surface area contributed by atoms with Gasteiger partial charge in [-0.1, -0.05) is 30.8 Å². The summed E-state index contributed by atoms with van der Waals surface area (Å²) in [5.74, 6) is -0.398. The van der Waals surface area contributed by atoms with Crippen LogP contribution in [-0.2, 0) is 35.8 Å². The predicted molar refractivity (Wildman–Crippen MR) is 209 cm³/mol. The topological polar surface area (TPSA) is 182 Å². The molecule has 4 aromatic rings. The third kappa shape index (κ3) is 9.41. The molecule has 59 heavy (non-hydrogen) atoms. The summed E-state index contributed by atoms with van der Waals surface area (Å²) in [6.07, 6.45) is -1.03. The van der Waals surface area contributed by atoms with Crippen LogP contribution in [0.2, 0.25) is 0 Å². The number of hydrogen-bond acceptors (Lipinski definition) is 10. The smallest absolute Gasteiger partial charge is 0.445 e. The van der Waals surface area contributed by atoms with Crippen LogP contribution >= 0.6 is 0 Å². The molecule has 2 fully saturated rings. The van der Waals surface area contributed by atoms with Gasteiger partial charge in [0.25, 0.3) is 5.91 Å². The largest absolute Gasteiger partial charge is 0.586 e. The quantitative estimate of drug-likeness (QED) is 0.108. The minimum absolute atomic E-state index is 0.0581. The fourth-order valence-electron chi connectivity index (χ4n) is 6.85. The van der Waals surface area contributed by atoms with Crippen molar-refractivity contribution in [3.63, 3.8) is 0 Å². The summed E-state index contributed by atoms with van der Waals surface area (Å²) in [5.41, 5.74) is 2.07. The van der Waals surface area contributed by atoms with Crippen LogP contribution in [-0.4, -0.2) is 91.7 Å². The number of piperazine rings is 1. The van der Waals surface area contributed by atoms with Crippen molar-refractivity contribution in [3.05, 3.63) is 102 Å². The van der Waals surface area contributed by atoms with E-state index >= 15 is 0 Å². The lowest BCUT2D eigenvalue weighted by Crippen LogP contribution is -2.52. The van der Waals surface area contributed by atoms with Crippen LogP contribution in [0.25, 0.3) is 11.3 Å². The summed E-state index contributed by atoms with van der Waals surface area (Å²) in [5, 5.41) is 8.48. The van der Waals surface area contributed by atoms with E-state index in [2.05, 4.69) is 37.0 Å². The lowest BCUT2D eigenvalue weighted by molar-refractivity contribution is -0.286. The number of pyridine rings is 1. The molecule has 1 saturated carbocycles. The number of furan rings is 1. The van der Waals surface area contributed by atoms with Gasteiger partial charge in [-0.2, -0.15) is 0 Å². The van der Waals surface area contributed by atoms with Crippen molar-refractivity contribution in [2.75, 3.05) is 56.2 Å². The van der Waals surface area contributed by atoms with E-state index < -0.39 is 11.7 Å². The predicted octanol–water partition coefficient (Wildman–Crippen LogP) is 4.50. The molecule has 3 aliphatic rings. The van der Waals surface area contributed by atoms with Crippen LogP contribution in [0.1, 0.15) is 46.5 Å². The van der Waals surface area contributed by atoms with Crippen LogP contribution in [0.5, 0.6) is 11.5 Å². The Bertz CT molecular complexity index is 2290. The Hall–Kier alpha value is -6.62. The second-order valence-corrected chi connectivity index (χ2v) is 14.3. The van der Waals surface area contributed by atoms with Gasteiger partial charge in [0.15, 0.2) is 11.5 Å². The van der Waals surface area contributed by atoms with E-state index in [-0.39, 0.29) is 80.3 Å². The first-order valence-corrected chi connectivity index (χ1v) is 19.1. The van der Waals surface area contributed by atoms with Gasteiger partial charge in [-0.15, -0.1) is 8.78 Å². The van der Waals surface area contributed by atoms with E-state index in [9.17, 15) is 32.8 Å². The van der Waals surface area contributed by atoms with Gasteiger partial charge in [-0.05, 0) is 73.4 Å². The van der Waals surface area contributed by atoms with Crippen LogP contribution in [0, 0.1) is 6.92 Å². The van der Waals surface area contributed by atoms with E-state index in [0.29, 0.717) is 72.2 Å². The minimum atomic E-state index is -3.75. The molecule has 2 aliphatic heterocycles. The number of carbonyl (C=O) groups excluding carboxylic acids is 5. The van der Waals surface area contributed by atoms with Crippen molar-refractivity contribution < 1.29 is 51.4 Å². The third-order valence-electron chi connectivity index (χ3n) is 10.2. The highest BCUT2D eigenvalue weighted by atomic mass is 19.3. The summed E-state index contributed by atoms with van der Waals surface area (Å²) in [6.45, 7) is 6.87. The second-order valence-electron chi connectivity index (χ2n) is 14.3. The van der Waals surface area contributed by atoms with E-state index in [4.69, 9.17) is 9.15 Å². The highest BCUT2D eigenvalue weighted by Gasteiger charge is 2.53. The summed E-state index contributed by atoms with van der Waals surface area (Å²) in [6, 6.07) is 18.2. The second kappa shape index (κ2) is 17.1. The van der Waals surface area contributed by atoms with Crippen LogP contribution in [0.4, 0.5) is 20.5 Å². The number of anilines is 2. The summed E-state index contributed by atoms with van der Waals surface area (Å²) in [4.78, 5) is 70.8. The van der Waals surface area contributed by atoms with Gasteiger partial charge < -0.3 is 39.5 Å². The fourth-order valence-corrected chi connectivity index (χ4v) is 6.85. The molecule has 0 radical (unpaired) electrons. The molecular formula is C42H42F2N6O9. The molecule has 7 rings (SSSR count). The third-order valence-corrected chi connectivity index (χ3v) is 10.2. The number of nitrogens with zero attached hydrogens (tertiary/aromatic N) is 3. The zero-order valence-corrected chi connectivity index (χ0v) is 32.2. The van der Waals surface area contributed by atoms with Crippen LogP contribution < -0.4 is 30.3 Å². The van der Waals surface area contributed by atoms with E-state index in [1.807, 2.05) is 19.1 Å². The average Bonchev–Trinajstić information content (AvgIpc) is 3.80. The van der Waals surface area contributed by atoms with E-state index in [1.165, 1.54) is 28.0 Å². The molecule has 3 N–H and O–H groups in total. The molecule has 0 unspecified atom stereocenters. The fraction of sp³-hybridized carbons (Fsp3) is 0.333. The molecule has 5 amide bonds. The first-order valence-electron chi connectivity index (χ1n) is 19.1. The summed E-state index contributed by atoms with van der Waals surface area (Å²) in [7, 11) is 0. The van der Waals surface area contributed by atoms with Crippen molar-refractivity contribution >= 4 is 41.2 Å². The molecule has 2 aromatic heterocycles. The highest BCUT2D eigenvalue weighted by molar-refractivity contribution is 6.01. The lowest BCUT2D eigenvalue weighted by atomic mass is 9.94. The van der Waals surface area contributed by atoms with Gasteiger partial charge in [0.1, 0.15) is 18.1 Å². The summed E-state index contributed by atoms with van der Waals surface area (Å²) < 4.78 is 47.6. The maximum absolute atomic E-state index is 13.6. The highest BCUT2D eigenvalue weighted by Crippen LogP contribution is 2.52. The van der Waals surface area contributed by atoms with Gasteiger partial charge in [0.2, 0.25) is 29.5 Å². The van der Waals surface area contributed by atoms with Crippen LogP contribution in [0.3, 0.4) is 0 Å². The molecule has 308 valence electrons. The molecule has 4 heterocycles. The molecule has 0 bridgehead atoms. The van der Waals surface area contributed by atoms with E-state index in [1.54, 1.807) is 42.5 Å². The Morgan fingerprint density at radius 2 is 1.73 bits per heavy atom. The van der Waals surface area contributed by atoms with Crippen molar-refractivity contribution in [2.45, 2.75) is 44.3 Å². The molecular weight excluding hydrogens is 770 g/mol. The molecule has 0 atom stereocenters. The minimum Gasteiger partial charge on any atom is -0.445 e. The van der Waals surface area contributed by atoms with Crippen molar-refractivity contribution in [3.8, 4) is 22.8 Å². The van der Waals surface area contributed by atoms with Crippen molar-refractivity contribution in [2.24, 2.45) is 0 Å². The monoisotopic (exact) mass is 812 g/mol. The molecule has 1 saturated heterocycles. The van der Waals surface area contributed by atoms with Gasteiger partial charge >= 0.3 is 6.29 Å². The molecule has 1 aliphatic carbocycles. The Labute approximate surface area is 337 Å². The number of alkyl halides is 2. The molecule has 17 heteroatoms. The van der Waals surface area contributed by atoms with Gasteiger partial charge in [0, 0.05) is 56.2 Å². The standard InChI is InChI=1S/C42H42F2N6O9/c1-3-35(52)49-19-20-50(36(53)25-49)37-14-10-30(57-37)9-13-34(51)45-17-21-56-22-18-46-39(54)28-6-4-5-27(23-28)38-26(2)7-12-33(47-38)48-40(55)41(15-16-41)29-8-11-31-32(24-29)59-42(43,44)58-31/h3-8,10-12,14,23-24H,1,9,13,15-22,25H2,2H3,(H,45,51)(H,46,54)(H,47,48,55). The Kier molecular flexibility index (Phi) is 11.7. The SMILES string of the molecule is C=CC(=O)N1CCN(c2ccc(CCC(=O)NCCOCCNC(=O)c3cccc(-c4nc(NC(=O)C5(c6ccc7c(c6)OC(F)(F)O7)CC5)ccc4C)c3)o2)C(=O)C1. The number of ether oxygens (including phenoxy) is 3. The molecule has 15 nitrogen and oxygen atoms in total. The van der Waals surface area contributed by atoms with Gasteiger partial charge in [0.05, 0.1) is 24.3 Å². The number of hydrogen-bond donors (Lipinski definition) is 3. The Balaban J connectivity index is 0.819. The normalized spacial score (nSPS) is 16.0. The first-order chi connectivity index (χ1) is 28.3. The summed E-state index contributed by atoms with van der Waals surface area (Å²) >= 11 is 0. The maximum atomic E-state index is 13.6. The number of rotatable bonds is 16. The number of halogens is 2. The average molecular weight is 813 g/mol. The zero-order valence-electron chi connectivity index (χ0n) is 32.2. The maximum Gasteiger partial charge on any atom is 0.586 e. The number of aromatic nitrogens is 1. The first kappa shape index (κ1) is 40.6. The van der Waals surface area contributed by atoms with Crippen molar-refractivity contribution in [1.82, 2.24) is 20.5 Å². The Morgan fingerprint density at radius 1 is 0.949 bits per heavy atom. The zero-order chi connectivity index (χ0) is 41.7. The number of amides is 5. The van der Waals surface area contributed by atoms with Gasteiger partial charge in [-0.25, -0.2) is 4.98 Å². The molecule has 0 spiro atoms. The Morgan fingerprint density at radius 3 is 2.49 bits per heavy atom. The van der Waals surface area contributed by atoms with E-state index in [0.717, 1.165) is 5.56 Å². The lowest BCUT2D eigenvalue weighted by Gasteiger charge is -2.32. The number of nitrogens with one attached hydrogen (secondary N) is 3. The molecule has 2 aromatic carbocycles. The number of aryl methyl sites for hydroxylation is 2. The number of fused-ring (bicyclic) bond motifs is 1.